The highest BCUT2D eigenvalue weighted by atomic mass is 19.1. The first-order chi connectivity index (χ1) is 8.02. The molecule has 0 aliphatic carbocycles. The Morgan fingerprint density at radius 1 is 1.41 bits per heavy atom. The van der Waals surface area contributed by atoms with Crippen molar-refractivity contribution in [1.82, 2.24) is 10.0 Å². The second-order valence-corrected chi connectivity index (χ2v) is 4.09. The van der Waals surface area contributed by atoms with Crippen LogP contribution in [0.4, 0.5) is 4.39 Å². The number of likely N-dealkylation sites (N-methyl/N-ethyl adjacent to an activating group) is 1. The fraction of sp³-hybridized carbons (Fsp3) is 0.571. The van der Waals surface area contributed by atoms with E-state index in [4.69, 9.17) is 0 Å². The van der Waals surface area contributed by atoms with Crippen molar-refractivity contribution in [3.05, 3.63) is 36.6 Å². The topological polar surface area (TPSA) is 6.48 Å². The summed E-state index contributed by atoms with van der Waals surface area (Å²) in [7, 11) is 4.01. The van der Waals surface area contributed by atoms with Crippen LogP contribution in [0, 0.1) is 0 Å². The average Bonchev–Trinajstić information content (AvgIpc) is 2.28. The lowest BCUT2D eigenvalue weighted by atomic mass is 10.2. The van der Waals surface area contributed by atoms with Crippen molar-refractivity contribution in [2.24, 2.45) is 0 Å². The molecule has 0 aromatic heterocycles. The summed E-state index contributed by atoms with van der Waals surface area (Å²) in [6, 6.07) is 0. The molecule has 17 heavy (non-hydrogen) atoms. The van der Waals surface area contributed by atoms with Gasteiger partial charge in [0, 0.05) is 26.3 Å². The smallest absolute Gasteiger partial charge is 0.116 e. The maximum absolute atomic E-state index is 12.8. The summed E-state index contributed by atoms with van der Waals surface area (Å²) in [5.74, 6) is 0. The van der Waals surface area contributed by atoms with Crippen molar-refractivity contribution in [2.75, 3.05) is 20.6 Å². The van der Waals surface area contributed by atoms with Crippen LogP contribution in [-0.4, -0.2) is 36.8 Å². The van der Waals surface area contributed by atoms with Gasteiger partial charge >= 0.3 is 0 Å². The van der Waals surface area contributed by atoms with Crippen LogP contribution in [0.25, 0.3) is 0 Å². The summed E-state index contributed by atoms with van der Waals surface area (Å²) in [6.07, 6.45) is 8.19. The first-order valence-electron chi connectivity index (χ1n) is 6.11. The first-order valence-corrected chi connectivity index (χ1v) is 6.11. The van der Waals surface area contributed by atoms with Gasteiger partial charge in [-0.05, 0) is 31.9 Å². The van der Waals surface area contributed by atoms with Gasteiger partial charge in [-0.15, -0.1) is 6.58 Å². The van der Waals surface area contributed by atoms with E-state index in [1.165, 1.54) is 6.92 Å². The fourth-order valence-electron chi connectivity index (χ4n) is 1.41. The maximum atomic E-state index is 12.8. The number of alkyl halides is 1. The normalized spacial score (nSPS) is 14.4. The van der Waals surface area contributed by atoms with Gasteiger partial charge in [-0.3, -0.25) is 0 Å². The Balaban J connectivity index is 4.72. The number of allylic oxidation sites excluding steroid dienone is 4. The molecule has 0 aliphatic heterocycles. The van der Waals surface area contributed by atoms with Crippen molar-refractivity contribution in [2.45, 2.75) is 32.9 Å². The first kappa shape index (κ1) is 15.9. The van der Waals surface area contributed by atoms with Crippen LogP contribution in [0.5, 0.6) is 0 Å². The minimum Gasteiger partial charge on any atom is -0.309 e. The Hall–Kier alpha value is -1.09. The van der Waals surface area contributed by atoms with Gasteiger partial charge in [-0.1, -0.05) is 19.1 Å². The van der Waals surface area contributed by atoms with E-state index in [0.29, 0.717) is 0 Å². The lowest BCUT2D eigenvalue weighted by Gasteiger charge is -2.31. The molecule has 0 aliphatic rings. The zero-order valence-corrected chi connectivity index (χ0v) is 11.5. The Morgan fingerprint density at radius 3 is 2.53 bits per heavy atom. The third-order valence-electron chi connectivity index (χ3n) is 2.46. The van der Waals surface area contributed by atoms with E-state index in [2.05, 4.69) is 18.5 Å². The van der Waals surface area contributed by atoms with E-state index in [-0.39, 0.29) is 0 Å². The summed E-state index contributed by atoms with van der Waals surface area (Å²) >= 11 is 0. The molecule has 0 aromatic carbocycles. The molecule has 2 nitrogen and oxygen atoms in total. The number of hydrogen-bond donors (Lipinski definition) is 0. The third-order valence-corrected chi connectivity index (χ3v) is 2.46. The molecule has 3 heteroatoms. The quantitative estimate of drug-likeness (QED) is 0.364. The maximum Gasteiger partial charge on any atom is 0.116 e. The molecule has 0 radical (unpaired) electrons. The molecule has 0 rings (SSSR count). The summed E-state index contributed by atoms with van der Waals surface area (Å²) in [5.41, 5.74) is 0.991. The van der Waals surface area contributed by atoms with Gasteiger partial charge in [-0.25, -0.2) is 9.40 Å². The lowest BCUT2D eigenvalue weighted by Crippen LogP contribution is -2.36. The number of halogens is 1. The zero-order chi connectivity index (χ0) is 13.3. The molecule has 1 atom stereocenters. The Bertz CT molecular complexity index is 269. The summed E-state index contributed by atoms with van der Waals surface area (Å²) in [5, 5.41) is 4.15. The number of nitrogens with zero attached hydrogens (tertiary/aromatic N) is 2. The van der Waals surface area contributed by atoms with Gasteiger partial charge < -0.3 is 5.01 Å². The van der Waals surface area contributed by atoms with Crippen LogP contribution in [0.2, 0.25) is 0 Å². The predicted molar refractivity (Wildman–Crippen MR) is 73.3 cm³/mol. The average molecular weight is 240 g/mol. The molecule has 0 saturated heterocycles. The molecule has 1 unspecified atom stereocenters. The van der Waals surface area contributed by atoms with Crippen molar-refractivity contribution < 1.29 is 4.39 Å². The van der Waals surface area contributed by atoms with Gasteiger partial charge in [0.25, 0.3) is 0 Å². The van der Waals surface area contributed by atoms with E-state index >= 15 is 0 Å². The van der Waals surface area contributed by atoms with Crippen molar-refractivity contribution in [1.29, 1.82) is 0 Å². The second kappa shape index (κ2) is 8.99. The van der Waals surface area contributed by atoms with Gasteiger partial charge in [0.05, 0.1) is 0 Å². The standard InChI is InChI=1S/C14H25FN2/c1-6-8-9-14(11-10-13(3)15)17(5)16(4)12-7-2/h6,9-11,13H,1,7-8,12H2,2-5H3/b11-10-,14-9?. The van der Waals surface area contributed by atoms with Crippen LogP contribution >= 0.6 is 0 Å². The van der Waals surface area contributed by atoms with Gasteiger partial charge in [-0.2, -0.15) is 0 Å². The van der Waals surface area contributed by atoms with Gasteiger partial charge in [0.2, 0.25) is 0 Å². The molecule has 98 valence electrons. The van der Waals surface area contributed by atoms with Crippen LogP contribution < -0.4 is 0 Å². The highest BCUT2D eigenvalue weighted by Crippen LogP contribution is 2.09. The Kier molecular flexibility index (Phi) is 8.42. The van der Waals surface area contributed by atoms with E-state index in [9.17, 15) is 4.39 Å². The van der Waals surface area contributed by atoms with Crippen molar-refractivity contribution in [3.8, 4) is 0 Å². The Morgan fingerprint density at radius 2 is 2.06 bits per heavy atom. The number of hydrazine groups is 1. The van der Waals surface area contributed by atoms with Gasteiger partial charge in [0.15, 0.2) is 0 Å². The van der Waals surface area contributed by atoms with E-state index in [0.717, 1.165) is 25.1 Å². The fourth-order valence-corrected chi connectivity index (χ4v) is 1.41. The summed E-state index contributed by atoms with van der Waals surface area (Å²) in [4.78, 5) is 0. The molecule has 0 aromatic rings. The SMILES string of the molecule is C=CCC=C(/C=C\C(C)F)N(C)N(C)CCC. The zero-order valence-electron chi connectivity index (χ0n) is 11.5. The largest absolute Gasteiger partial charge is 0.309 e. The molecule has 0 fully saturated rings. The minimum atomic E-state index is -0.924. The van der Waals surface area contributed by atoms with Crippen LogP contribution in [0.1, 0.15) is 26.7 Å². The van der Waals surface area contributed by atoms with Crippen LogP contribution in [0.3, 0.4) is 0 Å². The monoisotopic (exact) mass is 240 g/mol. The molecule has 0 bridgehead atoms. The molecule has 0 heterocycles. The molecule has 0 saturated carbocycles. The number of hydrogen-bond acceptors (Lipinski definition) is 2. The van der Waals surface area contributed by atoms with Crippen LogP contribution in [-0.2, 0) is 0 Å². The van der Waals surface area contributed by atoms with Gasteiger partial charge in [0.1, 0.15) is 6.17 Å². The molecule has 0 N–H and O–H groups in total. The third kappa shape index (κ3) is 6.95. The lowest BCUT2D eigenvalue weighted by molar-refractivity contribution is 0.0692. The molecular formula is C14H25FN2. The molecular weight excluding hydrogens is 215 g/mol. The van der Waals surface area contributed by atoms with Crippen LogP contribution in [0.15, 0.2) is 36.6 Å². The molecule has 0 amide bonds. The van der Waals surface area contributed by atoms with E-state index in [1.807, 2.05) is 37.3 Å². The second-order valence-electron chi connectivity index (χ2n) is 4.09. The van der Waals surface area contributed by atoms with E-state index < -0.39 is 6.17 Å². The Labute approximate surface area is 105 Å². The molecule has 0 spiro atoms. The summed E-state index contributed by atoms with van der Waals surface area (Å²) < 4.78 is 12.8. The number of rotatable bonds is 8. The minimum absolute atomic E-state index is 0.782. The predicted octanol–water partition coefficient (Wildman–Crippen LogP) is 3.55. The van der Waals surface area contributed by atoms with E-state index in [1.54, 1.807) is 6.08 Å². The highest BCUT2D eigenvalue weighted by Gasteiger charge is 2.06. The van der Waals surface area contributed by atoms with Crippen molar-refractivity contribution in [3.63, 3.8) is 0 Å². The highest BCUT2D eigenvalue weighted by molar-refractivity contribution is 5.18. The van der Waals surface area contributed by atoms with Crippen molar-refractivity contribution >= 4 is 0 Å². The summed E-state index contributed by atoms with van der Waals surface area (Å²) in [6.45, 7) is 8.33.